The minimum atomic E-state index is -0.276. The van der Waals surface area contributed by atoms with Crippen LogP contribution in [0.4, 0.5) is 0 Å². The number of carbonyl (C=O) groups is 1. The van der Waals surface area contributed by atoms with Crippen LogP contribution in [0, 0.1) is 5.41 Å². The van der Waals surface area contributed by atoms with Crippen molar-refractivity contribution < 1.29 is 9.90 Å². The molecule has 4 heteroatoms. The van der Waals surface area contributed by atoms with Crippen molar-refractivity contribution >= 4 is 5.91 Å². The number of hydrogen-bond donors (Lipinski definition) is 2. The summed E-state index contributed by atoms with van der Waals surface area (Å²) in [7, 11) is 0. The highest BCUT2D eigenvalue weighted by molar-refractivity contribution is 5.77. The standard InChI is InChI=1S/C15H28N2O2/c1-5-8-17-10-13(6-7-14(17)19)16-11-15(3,4)9-12(2)18/h5,12-13,16,18H,1,6-11H2,2-4H3. The maximum atomic E-state index is 11.7. The normalized spacial score (nSPS) is 22.4. The molecule has 19 heavy (non-hydrogen) atoms. The molecule has 1 aliphatic rings. The van der Waals surface area contributed by atoms with Crippen LogP contribution in [0.3, 0.4) is 0 Å². The van der Waals surface area contributed by atoms with E-state index >= 15 is 0 Å². The van der Waals surface area contributed by atoms with Gasteiger partial charge in [-0.25, -0.2) is 0 Å². The summed E-state index contributed by atoms with van der Waals surface area (Å²) in [5.74, 6) is 0.223. The van der Waals surface area contributed by atoms with E-state index in [1.54, 1.807) is 6.08 Å². The molecule has 4 nitrogen and oxygen atoms in total. The summed E-state index contributed by atoms with van der Waals surface area (Å²) in [5, 5.41) is 13.0. The van der Waals surface area contributed by atoms with Crippen LogP contribution in [0.25, 0.3) is 0 Å². The second-order valence-electron chi connectivity index (χ2n) is 6.42. The third-order valence-electron chi connectivity index (χ3n) is 3.57. The van der Waals surface area contributed by atoms with Gasteiger partial charge in [0.25, 0.3) is 0 Å². The van der Waals surface area contributed by atoms with Gasteiger partial charge in [-0.3, -0.25) is 4.79 Å². The lowest BCUT2D eigenvalue weighted by molar-refractivity contribution is -0.133. The third-order valence-corrected chi connectivity index (χ3v) is 3.57. The predicted molar refractivity (Wildman–Crippen MR) is 77.9 cm³/mol. The first kappa shape index (κ1) is 16.2. The van der Waals surface area contributed by atoms with E-state index in [-0.39, 0.29) is 17.4 Å². The maximum Gasteiger partial charge on any atom is 0.222 e. The molecule has 1 rings (SSSR count). The minimum Gasteiger partial charge on any atom is -0.393 e. The number of aliphatic hydroxyl groups is 1. The van der Waals surface area contributed by atoms with Crippen LogP contribution in [-0.2, 0) is 4.79 Å². The Kier molecular flexibility index (Phi) is 6.01. The zero-order valence-corrected chi connectivity index (χ0v) is 12.5. The monoisotopic (exact) mass is 268 g/mol. The number of aliphatic hydroxyl groups excluding tert-OH is 1. The predicted octanol–water partition coefficient (Wildman–Crippen LogP) is 1.55. The maximum absolute atomic E-state index is 11.7. The van der Waals surface area contributed by atoms with Gasteiger partial charge >= 0.3 is 0 Å². The Hall–Kier alpha value is -0.870. The fourth-order valence-electron chi connectivity index (χ4n) is 2.71. The third kappa shape index (κ3) is 5.74. The van der Waals surface area contributed by atoms with E-state index in [1.165, 1.54) is 0 Å². The van der Waals surface area contributed by atoms with Gasteiger partial charge in [0.1, 0.15) is 0 Å². The number of carbonyl (C=O) groups excluding carboxylic acids is 1. The van der Waals surface area contributed by atoms with Gasteiger partial charge in [-0.2, -0.15) is 0 Å². The van der Waals surface area contributed by atoms with E-state index in [0.29, 0.717) is 19.0 Å². The molecule has 2 atom stereocenters. The summed E-state index contributed by atoms with van der Waals surface area (Å²) in [6.07, 6.45) is 3.79. The highest BCUT2D eigenvalue weighted by Gasteiger charge is 2.27. The molecule has 1 saturated heterocycles. The van der Waals surface area contributed by atoms with Crippen LogP contribution in [0.15, 0.2) is 12.7 Å². The molecule has 0 bridgehead atoms. The molecule has 0 spiro atoms. The molecule has 0 aliphatic carbocycles. The summed E-state index contributed by atoms with van der Waals surface area (Å²) in [5.41, 5.74) is 0.0683. The van der Waals surface area contributed by atoms with Gasteiger partial charge in [0, 0.05) is 32.1 Å². The smallest absolute Gasteiger partial charge is 0.222 e. The summed E-state index contributed by atoms with van der Waals surface area (Å²) < 4.78 is 0. The van der Waals surface area contributed by atoms with E-state index < -0.39 is 0 Å². The molecule has 1 heterocycles. The van der Waals surface area contributed by atoms with Gasteiger partial charge in [-0.1, -0.05) is 19.9 Å². The molecule has 1 amide bonds. The van der Waals surface area contributed by atoms with Crippen LogP contribution in [0.1, 0.15) is 40.0 Å². The lowest BCUT2D eigenvalue weighted by Gasteiger charge is -2.35. The van der Waals surface area contributed by atoms with Gasteiger partial charge in [0.05, 0.1) is 6.10 Å². The molecule has 110 valence electrons. The van der Waals surface area contributed by atoms with Crippen molar-refractivity contribution in [2.75, 3.05) is 19.6 Å². The largest absolute Gasteiger partial charge is 0.393 e. The van der Waals surface area contributed by atoms with Crippen molar-refractivity contribution in [1.82, 2.24) is 10.2 Å². The number of hydrogen-bond acceptors (Lipinski definition) is 3. The van der Waals surface area contributed by atoms with Crippen molar-refractivity contribution in [3.63, 3.8) is 0 Å². The second-order valence-corrected chi connectivity index (χ2v) is 6.42. The Morgan fingerprint density at radius 1 is 1.63 bits per heavy atom. The van der Waals surface area contributed by atoms with E-state index in [4.69, 9.17) is 0 Å². The van der Waals surface area contributed by atoms with Gasteiger partial charge in [0.2, 0.25) is 5.91 Å². The Labute approximate surface area is 116 Å². The first-order valence-electron chi connectivity index (χ1n) is 7.14. The quantitative estimate of drug-likeness (QED) is 0.689. The SMILES string of the molecule is C=CCN1CC(NCC(C)(C)CC(C)O)CCC1=O. The van der Waals surface area contributed by atoms with Gasteiger partial charge in [-0.15, -0.1) is 6.58 Å². The van der Waals surface area contributed by atoms with Crippen molar-refractivity contribution in [3.05, 3.63) is 12.7 Å². The fourth-order valence-corrected chi connectivity index (χ4v) is 2.71. The Balaban J connectivity index is 2.41. The Morgan fingerprint density at radius 3 is 2.89 bits per heavy atom. The topological polar surface area (TPSA) is 52.6 Å². The van der Waals surface area contributed by atoms with E-state index in [9.17, 15) is 9.90 Å². The average Bonchev–Trinajstić information content (AvgIpc) is 2.29. The number of amides is 1. The average molecular weight is 268 g/mol. The summed E-state index contributed by atoms with van der Waals surface area (Å²) in [4.78, 5) is 13.6. The summed E-state index contributed by atoms with van der Waals surface area (Å²) in [6, 6.07) is 0.353. The fraction of sp³-hybridized carbons (Fsp3) is 0.800. The minimum absolute atomic E-state index is 0.0683. The number of nitrogens with zero attached hydrogens (tertiary/aromatic N) is 1. The summed E-state index contributed by atoms with van der Waals surface area (Å²) >= 11 is 0. The molecule has 0 aromatic carbocycles. The molecule has 1 fully saturated rings. The zero-order valence-electron chi connectivity index (χ0n) is 12.5. The summed E-state index contributed by atoms with van der Waals surface area (Å²) in [6.45, 7) is 12.1. The molecular formula is C15H28N2O2. The lowest BCUT2D eigenvalue weighted by atomic mass is 9.86. The van der Waals surface area contributed by atoms with Crippen LogP contribution in [0.5, 0.6) is 0 Å². The molecular weight excluding hydrogens is 240 g/mol. The lowest BCUT2D eigenvalue weighted by Crippen LogP contribution is -2.50. The van der Waals surface area contributed by atoms with Crippen molar-refractivity contribution in [2.24, 2.45) is 5.41 Å². The van der Waals surface area contributed by atoms with E-state index in [0.717, 1.165) is 25.9 Å². The molecule has 2 N–H and O–H groups in total. The molecule has 1 aliphatic heterocycles. The van der Waals surface area contributed by atoms with Gasteiger partial charge in [-0.05, 0) is 25.2 Å². The number of nitrogens with one attached hydrogen (secondary N) is 1. The first-order valence-corrected chi connectivity index (χ1v) is 7.14. The number of rotatable bonds is 7. The highest BCUT2D eigenvalue weighted by Crippen LogP contribution is 2.22. The first-order chi connectivity index (χ1) is 8.84. The van der Waals surface area contributed by atoms with Gasteiger partial charge in [0.15, 0.2) is 0 Å². The van der Waals surface area contributed by atoms with E-state index in [2.05, 4.69) is 25.7 Å². The second kappa shape index (κ2) is 7.06. The Bertz CT molecular complexity index is 313. The van der Waals surface area contributed by atoms with Crippen LogP contribution in [0.2, 0.25) is 0 Å². The molecule has 0 aromatic rings. The highest BCUT2D eigenvalue weighted by atomic mass is 16.3. The van der Waals surface area contributed by atoms with E-state index in [1.807, 2.05) is 11.8 Å². The number of piperidine rings is 1. The molecule has 0 radical (unpaired) electrons. The molecule has 0 aromatic heterocycles. The molecule has 2 unspecified atom stereocenters. The zero-order chi connectivity index (χ0) is 14.5. The Morgan fingerprint density at radius 2 is 2.32 bits per heavy atom. The van der Waals surface area contributed by atoms with Crippen molar-refractivity contribution in [2.45, 2.75) is 52.2 Å². The van der Waals surface area contributed by atoms with Gasteiger partial charge < -0.3 is 15.3 Å². The van der Waals surface area contributed by atoms with Crippen LogP contribution >= 0.6 is 0 Å². The molecule has 0 saturated carbocycles. The van der Waals surface area contributed by atoms with Crippen molar-refractivity contribution in [1.29, 1.82) is 0 Å². The number of likely N-dealkylation sites (tertiary alicyclic amines) is 1. The van der Waals surface area contributed by atoms with Crippen LogP contribution < -0.4 is 5.32 Å². The van der Waals surface area contributed by atoms with Crippen LogP contribution in [-0.4, -0.2) is 47.7 Å². The van der Waals surface area contributed by atoms with Crippen molar-refractivity contribution in [3.8, 4) is 0 Å².